The lowest BCUT2D eigenvalue weighted by atomic mass is 10.1. The molecule has 1 aromatic carbocycles. The Morgan fingerprint density at radius 3 is 2.85 bits per heavy atom. The number of ether oxygens (including phenoxy) is 1. The molecule has 20 heavy (non-hydrogen) atoms. The molecule has 5 heteroatoms. The Hall–Kier alpha value is -2.17. The van der Waals surface area contributed by atoms with Gasteiger partial charge in [0.15, 0.2) is 0 Å². The summed E-state index contributed by atoms with van der Waals surface area (Å²) in [4.78, 5) is 25.0. The Morgan fingerprint density at radius 1 is 1.45 bits per heavy atom. The van der Waals surface area contributed by atoms with E-state index in [-0.39, 0.29) is 23.4 Å². The van der Waals surface area contributed by atoms with Crippen LogP contribution in [0.25, 0.3) is 0 Å². The van der Waals surface area contributed by atoms with Crippen molar-refractivity contribution < 1.29 is 18.7 Å². The first-order valence-electron chi connectivity index (χ1n) is 6.45. The number of methoxy groups -OCH3 is 1. The van der Waals surface area contributed by atoms with Gasteiger partial charge in [-0.05, 0) is 24.1 Å². The van der Waals surface area contributed by atoms with Gasteiger partial charge >= 0.3 is 5.97 Å². The molecule has 1 aromatic rings. The fourth-order valence-corrected chi connectivity index (χ4v) is 2.79. The summed E-state index contributed by atoms with van der Waals surface area (Å²) in [5, 5.41) is 0. The van der Waals surface area contributed by atoms with Gasteiger partial charge in [-0.25, -0.2) is 9.18 Å². The van der Waals surface area contributed by atoms with Crippen molar-refractivity contribution in [2.24, 2.45) is 5.92 Å². The van der Waals surface area contributed by atoms with Gasteiger partial charge < -0.3 is 9.64 Å². The number of carbonyl (C=O) groups is 2. The second-order valence-electron chi connectivity index (χ2n) is 5.07. The van der Waals surface area contributed by atoms with E-state index in [1.165, 1.54) is 19.2 Å². The molecule has 1 aliphatic heterocycles. The first-order valence-corrected chi connectivity index (χ1v) is 6.45. The molecular weight excluding hydrogens is 261 g/mol. The van der Waals surface area contributed by atoms with Crippen molar-refractivity contribution in [2.45, 2.75) is 19.0 Å². The minimum absolute atomic E-state index is 0.0146. The van der Waals surface area contributed by atoms with Gasteiger partial charge in [-0.15, -0.1) is 0 Å². The molecule has 1 saturated heterocycles. The van der Waals surface area contributed by atoms with E-state index in [1.807, 2.05) is 12.2 Å². The third-order valence-corrected chi connectivity index (χ3v) is 3.85. The minimum atomic E-state index is -0.701. The van der Waals surface area contributed by atoms with Gasteiger partial charge in [0.05, 0.1) is 24.6 Å². The fraction of sp³-hybridized carbons (Fsp3) is 0.333. The first kappa shape index (κ1) is 12.8. The zero-order valence-electron chi connectivity index (χ0n) is 11.0. The molecule has 104 valence electrons. The average Bonchev–Trinajstić information content (AvgIpc) is 3.02. The Bertz CT molecular complexity index is 611. The maximum absolute atomic E-state index is 13.8. The summed E-state index contributed by atoms with van der Waals surface area (Å²) in [5.41, 5.74) is 0.579. The van der Waals surface area contributed by atoms with Crippen molar-refractivity contribution in [2.75, 3.05) is 7.11 Å². The number of esters is 1. The van der Waals surface area contributed by atoms with E-state index < -0.39 is 11.8 Å². The van der Waals surface area contributed by atoms with Crippen molar-refractivity contribution in [3.8, 4) is 0 Å². The van der Waals surface area contributed by atoms with Crippen molar-refractivity contribution >= 4 is 11.9 Å². The molecule has 3 rings (SSSR count). The summed E-state index contributed by atoms with van der Waals surface area (Å²) in [6.45, 7) is 0.364. The van der Waals surface area contributed by atoms with Crippen LogP contribution >= 0.6 is 0 Å². The minimum Gasteiger partial charge on any atom is -0.465 e. The maximum atomic E-state index is 13.8. The lowest BCUT2D eigenvalue weighted by molar-refractivity contribution is -0.131. The van der Waals surface area contributed by atoms with Crippen molar-refractivity contribution in [3.05, 3.63) is 47.3 Å². The molecule has 1 aliphatic carbocycles. The number of hydrogen-bond donors (Lipinski definition) is 0. The van der Waals surface area contributed by atoms with Gasteiger partial charge in [-0.2, -0.15) is 0 Å². The number of nitrogens with zero attached hydrogens (tertiary/aromatic N) is 1. The topological polar surface area (TPSA) is 46.6 Å². The number of rotatable bonds is 3. The Labute approximate surface area is 115 Å². The number of hydrogen-bond acceptors (Lipinski definition) is 3. The summed E-state index contributed by atoms with van der Waals surface area (Å²) in [6, 6.07) is 4.45. The molecular formula is C15H14FNO3. The average molecular weight is 275 g/mol. The predicted octanol–water partition coefficient (Wildman–Crippen LogP) is 1.90. The van der Waals surface area contributed by atoms with Crippen LogP contribution in [-0.2, 0) is 16.1 Å². The van der Waals surface area contributed by atoms with E-state index in [2.05, 4.69) is 4.74 Å². The molecule has 2 atom stereocenters. The third kappa shape index (κ3) is 1.99. The normalized spacial score (nSPS) is 23.5. The SMILES string of the molecule is COC(=O)c1ccc(CN2C(=O)C3C=CC2C3)cc1F. The molecule has 0 radical (unpaired) electrons. The highest BCUT2D eigenvalue weighted by molar-refractivity contribution is 5.89. The van der Waals surface area contributed by atoms with Gasteiger partial charge in [0.25, 0.3) is 0 Å². The highest BCUT2D eigenvalue weighted by Crippen LogP contribution is 2.33. The van der Waals surface area contributed by atoms with Crippen LogP contribution in [0.2, 0.25) is 0 Å². The number of fused-ring (bicyclic) bond motifs is 2. The second kappa shape index (κ2) is 4.74. The van der Waals surface area contributed by atoms with Crippen LogP contribution < -0.4 is 0 Å². The van der Waals surface area contributed by atoms with Gasteiger partial charge in [-0.3, -0.25) is 4.79 Å². The summed E-state index contributed by atoms with van der Waals surface area (Å²) in [5.74, 6) is -1.25. The first-order chi connectivity index (χ1) is 9.60. The van der Waals surface area contributed by atoms with Gasteiger partial charge in [0, 0.05) is 6.54 Å². The van der Waals surface area contributed by atoms with E-state index in [4.69, 9.17) is 0 Å². The number of likely N-dealkylation sites (tertiary alicyclic amines) is 1. The van der Waals surface area contributed by atoms with Gasteiger partial charge in [-0.1, -0.05) is 18.2 Å². The standard InChI is InChI=1S/C15H14FNO3/c1-20-15(19)12-5-2-9(6-13(12)16)8-17-11-4-3-10(7-11)14(17)18/h2-6,10-11H,7-8H2,1H3. The van der Waals surface area contributed by atoms with E-state index >= 15 is 0 Å². The summed E-state index contributed by atoms with van der Waals surface area (Å²) in [7, 11) is 1.21. The highest BCUT2D eigenvalue weighted by atomic mass is 19.1. The molecule has 2 unspecified atom stereocenters. The highest BCUT2D eigenvalue weighted by Gasteiger charge is 2.40. The molecule has 1 amide bonds. The molecule has 2 bridgehead atoms. The molecule has 2 aliphatic rings. The molecule has 1 fully saturated rings. The third-order valence-electron chi connectivity index (χ3n) is 3.85. The molecule has 0 aromatic heterocycles. The quantitative estimate of drug-likeness (QED) is 0.625. The number of halogens is 1. The Morgan fingerprint density at radius 2 is 2.25 bits per heavy atom. The van der Waals surface area contributed by atoms with Crippen LogP contribution in [0.1, 0.15) is 22.3 Å². The number of benzene rings is 1. The molecule has 0 saturated carbocycles. The smallest absolute Gasteiger partial charge is 0.340 e. The van der Waals surface area contributed by atoms with E-state index in [0.29, 0.717) is 12.1 Å². The van der Waals surface area contributed by atoms with Crippen LogP contribution in [0, 0.1) is 11.7 Å². The van der Waals surface area contributed by atoms with Crippen molar-refractivity contribution in [1.82, 2.24) is 4.90 Å². The summed E-state index contributed by atoms with van der Waals surface area (Å²) in [6.07, 6.45) is 4.78. The number of amides is 1. The second-order valence-corrected chi connectivity index (χ2v) is 5.07. The Kier molecular flexibility index (Phi) is 3.04. The van der Waals surface area contributed by atoms with Crippen LogP contribution in [0.15, 0.2) is 30.4 Å². The monoisotopic (exact) mass is 275 g/mol. The predicted molar refractivity (Wildman–Crippen MR) is 69.3 cm³/mol. The van der Waals surface area contributed by atoms with E-state index in [1.54, 1.807) is 11.0 Å². The molecule has 0 spiro atoms. The fourth-order valence-electron chi connectivity index (χ4n) is 2.79. The largest absolute Gasteiger partial charge is 0.465 e. The maximum Gasteiger partial charge on any atom is 0.340 e. The van der Waals surface area contributed by atoms with Crippen molar-refractivity contribution in [1.29, 1.82) is 0 Å². The van der Waals surface area contributed by atoms with Crippen LogP contribution in [0.3, 0.4) is 0 Å². The van der Waals surface area contributed by atoms with Crippen molar-refractivity contribution in [3.63, 3.8) is 0 Å². The summed E-state index contributed by atoms with van der Waals surface area (Å²) >= 11 is 0. The molecule has 0 N–H and O–H groups in total. The van der Waals surface area contributed by atoms with E-state index in [9.17, 15) is 14.0 Å². The van der Waals surface area contributed by atoms with Crippen LogP contribution in [-0.4, -0.2) is 29.9 Å². The number of carbonyl (C=O) groups excluding carboxylic acids is 2. The molecule has 1 heterocycles. The zero-order valence-corrected chi connectivity index (χ0v) is 11.0. The van der Waals surface area contributed by atoms with Gasteiger partial charge in [0.1, 0.15) is 5.82 Å². The lowest BCUT2D eigenvalue weighted by Crippen LogP contribution is -2.34. The van der Waals surface area contributed by atoms with E-state index in [0.717, 1.165) is 6.42 Å². The lowest BCUT2D eigenvalue weighted by Gasteiger charge is -2.24. The van der Waals surface area contributed by atoms with Crippen LogP contribution in [0.5, 0.6) is 0 Å². The van der Waals surface area contributed by atoms with Gasteiger partial charge in [0.2, 0.25) is 5.91 Å². The molecule has 4 nitrogen and oxygen atoms in total. The zero-order chi connectivity index (χ0) is 14.3. The summed E-state index contributed by atoms with van der Waals surface area (Å²) < 4.78 is 18.3. The Balaban J connectivity index is 1.79. The van der Waals surface area contributed by atoms with Crippen LogP contribution in [0.4, 0.5) is 4.39 Å².